The molecule has 1 aromatic rings. The highest BCUT2D eigenvalue weighted by molar-refractivity contribution is 6.33. The molecule has 1 radical (unpaired) electrons. The largest absolute Gasteiger partial charge is 0.341 e. The second kappa shape index (κ2) is 3.37. The molecule has 0 bridgehead atoms. The Balaban J connectivity index is 3.13. The summed E-state index contributed by atoms with van der Waals surface area (Å²) in [5.74, 6) is 0. The van der Waals surface area contributed by atoms with Gasteiger partial charge >= 0.3 is 6.43 Å². The summed E-state index contributed by atoms with van der Waals surface area (Å²) >= 11 is 10.9. The number of benzene rings is 1. The van der Waals surface area contributed by atoms with Gasteiger partial charge in [-0.3, -0.25) is 0 Å². The topological polar surface area (TPSA) is 0 Å². The van der Waals surface area contributed by atoms with Gasteiger partial charge in [0.15, 0.2) is 0 Å². The Morgan fingerprint density at radius 2 is 1.82 bits per heavy atom. The summed E-state index contributed by atoms with van der Waals surface area (Å²) in [5.41, 5.74) is -0.306. The molecule has 0 N–H and O–H groups in total. The number of hydrogen-bond donors (Lipinski definition) is 0. The molecule has 0 atom stereocenters. The van der Waals surface area contributed by atoms with E-state index in [0.29, 0.717) is 0 Å². The smallest absolute Gasteiger partial charge is 0.194 e. The Kier molecular flexibility index (Phi) is 2.68. The minimum Gasteiger partial charge on any atom is -0.194 e. The second-order valence-corrected chi connectivity index (χ2v) is 2.73. The maximum Gasteiger partial charge on any atom is 0.341 e. The third kappa shape index (κ3) is 2.04. The monoisotopic (exact) mass is 195 g/mol. The van der Waals surface area contributed by atoms with E-state index in [2.05, 4.69) is 0 Å². The van der Waals surface area contributed by atoms with Gasteiger partial charge in [-0.15, -0.1) is 0 Å². The quantitative estimate of drug-likeness (QED) is 0.641. The van der Waals surface area contributed by atoms with Crippen LogP contribution in [-0.2, 0) is 0 Å². The normalized spacial score (nSPS) is 10.6. The summed E-state index contributed by atoms with van der Waals surface area (Å²) in [6.07, 6.45) is -1.82. The maximum atomic E-state index is 12.0. The van der Waals surface area contributed by atoms with Crippen LogP contribution in [0, 0.1) is 6.43 Å². The third-order valence-electron chi connectivity index (χ3n) is 1.13. The van der Waals surface area contributed by atoms with Crippen molar-refractivity contribution >= 4 is 23.2 Å². The van der Waals surface area contributed by atoms with Crippen molar-refractivity contribution in [3.8, 4) is 0 Å². The predicted octanol–water partition coefficient (Wildman–Crippen LogP) is 3.77. The summed E-state index contributed by atoms with van der Waals surface area (Å²) in [6.45, 7) is 0. The fraction of sp³-hybridized carbons (Fsp3) is 0. The van der Waals surface area contributed by atoms with Crippen LogP contribution in [0.1, 0.15) is 5.56 Å². The first-order valence-electron chi connectivity index (χ1n) is 2.74. The van der Waals surface area contributed by atoms with Crippen molar-refractivity contribution in [2.24, 2.45) is 0 Å². The highest BCUT2D eigenvalue weighted by Crippen LogP contribution is 2.28. The first kappa shape index (κ1) is 8.75. The van der Waals surface area contributed by atoms with E-state index < -0.39 is 6.43 Å². The Bertz CT molecular complexity index is 261. The molecule has 1 aromatic carbocycles. The molecule has 0 fully saturated rings. The molecule has 0 aliphatic carbocycles. The van der Waals surface area contributed by atoms with Crippen LogP contribution < -0.4 is 0 Å². The first-order chi connectivity index (χ1) is 5.11. The van der Waals surface area contributed by atoms with Gasteiger partial charge in [0.1, 0.15) is 0 Å². The van der Waals surface area contributed by atoms with E-state index in [1.807, 2.05) is 0 Å². The van der Waals surface area contributed by atoms with Gasteiger partial charge in [-0.25, -0.2) is 0 Å². The third-order valence-corrected chi connectivity index (χ3v) is 1.70. The molecule has 0 spiro atoms. The van der Waals surface area contributed by atoms with E-state index in [1.165, 1.54) is 12.1 Å². The van der Waals surface area contributed by atoms with Crippen molar-refractivity contribution in [1.29, 1.82) is 0 Å². The van der Waals surface area contributed by atoms with Crippen LogP contribution >= 0.6 is 23.2 Å². The van der Waals surface area contributed by atoms with Gasteiger partial charge in [0.25, 0.3) is 0 Å². The summed E-state index contributed by atoms with van der Waals surface area (Å²) in [6, 6.07) is 3.91. The van der Waals surface area contributed by atoms with Gasteiger partial charge in [-0.05, 0) is 18.2 Å². The second-order valence-electron chi connectivity index (χ2n) is 1.88. The van der Waals surface area contributed by atoms with Crippen LogP contribution in [0.5, 0.6) is 0 Å². The summed E-state index contributed by atoms with van der Waals surface area (Å²) in [7, 11) is 0. The molecule has 0 aromatic heterocycles. The molecule has 1 rings (SSSR count). The molecule has 59 valence electrons. The zero-order chi connectivity index (χ0) is 8.43. The molecular weight excluding hydrogens is 193 g/mol. The van der Waals surface area contributed by atoms with Gasteiger partial charge in [-0.2, -0.15) is 8.78 Å². The van der Waals surface area contributed by atoms with Gasteiger partial charge < -0.3 is 0 Å². The Labute approximate surface area is 72.7 Å². The highest BCUT2D eigenvalue weighted by Gasteiger charge is 2.13. The van der Waals surface area contributed by atoms with Crippen LogP contribution in [0.2, 0.25) is 10.0 Å². The molecule has 0 saturated carbocycles. The van der Waals surface area contributed by atoms with Crippen LogP contribution in [0.3, 0.4) is 0 Å². The fourth-order valence-corrected chi connectivity index (χ4v) is 1.00. The summed E-state index contributed by atoms with van der Waals surface area (Å²) in [4.78, 5) is 0. The lowest BCUT2D eigenvalue weighted by atomic mass is 10.2. The van der Waals surface area contributed by atoms with Crippen LogP contribution in [0.25, 0.3) is 0 Å². The van der Waals surface area contributed by atoms with Crippen molar-refractivity contribution in [2.45, 2.75) is 0 Å². The van der Waals surface area contributed by atoms with E-state index >= 15 is 0 Å². The Morgan fingerprint density at radius 1 is 1.18 bits per heavy atom. The molecular formula is C7H3Cl2F2. The van der Waals surface area contributed by atoms with Gasteiger partial charge in [0.2, 0.25) is 0 Å². The fourth-order valence-electron chi connectivity index (χ4n) is 0.642. The van der Waals surface area contributed by atoms with Crippen molar-refractivity contribution in [1.82, 2.24) is 0 Å². The molecule has 0 aliphatic rings. The molecule has 0 saturated heterocycles. The van der Waals surface area contributed by atoms with Gasteiger partial charge in [0, 0.05) is 10.6 Å². The average molecular weight is 196 g/mol. The minimum atomic E-state index is -1.82. The predicted molar refractivity (Wildman–Crippen MR) is 41.0 cm³/mol. The van der Waals surface area contributed by atoms with E-state index in [0.717, 1.165) is 6.07 Å². The maximum absolute atomic E-state index is 12.0. The molecule has 4 heteroatoms. The van der Waals surface area contributed by atoms with E-state index in [9.17, 15) is 8.78 Å². The standard InChI is InChI=1S/C7H3Cl2F2/c8-4-1-2-6(9)5(3-4)7(10)11/h1-3H. The summed E-state index contributed by atoms with van der Waals surface area (Å²) < 4.78 is 24.0. The highest BCUT2D eigenvalue weighted by atomic mass is 35.5. The van der Waals surface area contributed by atoms with Gasteiger partial charge in [0.05, 0.1) is 5.02 Å². The zero-order valence-electron chi connectivity index (χ0n) is 5.24. The van der Waals surface area contributed by atoms with E-state index in [1.54, 1.807) is 0 Å². The number of rotatable bonds is 1. The Hall–Kier alpha value is -0.340. The number of halogens is 4. The van der Waals surface area contributed by atoms with Crippen LogP contribution in [0.15, 0.2) is 18.2 Å². The summed E-state index contributed by atoms with van der Waals surface area (Å²) in [5, 5.41) is 0.256. The van der Waals surface area contributed by atoms with Crippen molar-refractivity contribution in [2.75, 3.05) is 0 Å². The lowest BCUT2D eigenvalue weighted by molar-refractivity contribution is 0.325. The van der Waals surface area contributed by atoms with Gasteiger partial charge in [-0.1, -0.05) is 23.2 Å². The van der Waals surface area contributed by atoms with Crippen LogP contribution in [0.4, 0.5) is 8.78 Å². The Morgan fingerprint density at radius 3 is 2.27 bits per heavy atom. The average Bonchev–Trinajstić information content (AvgIpc) is 1.94. The number of hydrogen-bond acceptors (Lipinski definition) is 0. The molecule has 0 heterocycles. The molecule has 0 aliphatic heterocycles. The molecule has 0 unspecified atom stereocenters. The SMILES string of the molecule is F[C](F)c1cc(Cl)ccc1Cl. The van der Waals surface area contributed by atoms with E-state index in [4.69, 9.17) is 23.2 Å². The lowest BCUT2D eigenvalue weighted by Gasteiger charge is -2.00. The van der Waals surface area contributed by atoms with E-state index in [-0.39, 0.29) is 15.6 Å². The zero-order valence-corrected chi connectivity index (χ0v) is 6.76. The molecule has 0 amide bonds. The molecule has 0 nitrogen and oxygen atoms in total. The minimum absolute atomic E-state index is 0.00870. The first-order valence-corrected chi connectivity index (χ1v) is 3.50. The van der Waals surface area contributed by atoms with Crippen LogP contribution in [-0.4, -0.2) is 0 Å². The lowest BCUT2D eigenvalue weighted by Crippen LogP contribution is -1.85. The van der Waals surface area contributed by atoms with Crippen molar-refractivity contribution < 1.29 is 8.78 Å². The van der Waals surface area contributed by atoms with Crippen molar-refractivity contribution in [3.63, 3.8) is 0 Å². The molecule has 11 heavy (non-hydrogen) atoms. The van der Waals surface area contributed by atoms with Crippen molar-refractivity contribution in [3.05, 3.63) is 40.2 Å².